The molecule has 7 heteroatoms. The predicted octanol–water partition coefficient (Wildman–Crippen LogP) is 1.41. The zero-order valence-corrected chi connectivity index (χ0v) is 13.7. The van der Waals surface area contributed by atoms with Crippen LogP contribution < -0.4 is 10.2 Å². The predicted molar refractivity (Wildman–Crippen MR) is 82.7 cm³/mol. The van der Waals surface area contributed by atoms with Crippen LogP contribution in [0.3, 0.4) is 0 Å². The summed E-state index contributed by atoms with van der Waals surface area (Å²) in [5.74, 6) is 0.0211. The fraction of sp³-hybridized carbons (Fsp3) is 0.714. The summed E-state index contributed by atoms with van der Waals surface area (Å²) < 4.78 is 11.0. The van der Waals surface area contributed by atoms with E-state index in [2.05, 4.69) is 10.3 Å². The first-order chi connectivity index (χ1) is 10.1. The van der Waals surface area contributed by atoms with Crippen molar-refractivity contribution in [3.8, 4) is 0 Å². The molecule has 0 aromatic carbocycles. The van der Waals surface area contributed by atoms with Gasteiger partial charge in [0.25, 0.3) is 0 Å². The van der Waals surface area contributed by atoms with Gasteiger partial charge in [0.2, 0.25) is 5.91 Å². The third kappa shape index (κ3) is 4.00. The molecule has 0 aliphatic carbocycles. The van der Waals surface area contributed by atoms with Crippen molar-refractivity contribution in [1.29, 1.82) is 0 Å². The van der Waals surface area contributed by atoms with Crippen molar-refractivity contribution in [2.24, 2.45) is 0 Å². The minimum Gasteiger partial charge on any atom is -0.378 e. The monoisotopic (exact) mass is 313 g/mol. The Morgan fingerprint density at radius 2 is 2.48 bits per heavy atom. The van der Waals surface area contributed by atoms with Crippen LogP contribution in [0.4, 0.5) is 5.13 Å². The lowest BCUT2D eigenvalue weighted by Gasteiger charge is -2.25. The third-order valence-corrected chi connectivity index (χ3v) is 4.63. The molecule has 1 aromatic heterocycles. The molecular weight excluding hydrogens is 290 g/mol. The molecule has 1 saturated heterocycles. The number of carbonyl (C=O) groups excluding carboxylic acids is 1. The summed E-state index contributed by atoms with van der Waals surface area (Å²) in [5.41, 5.74) is 0.730. The van der Waals surface area contributed by atoms with Crippen molar-refractivity contribution < 1.29 is 14.3 Å². The molecule has 1 aliphatic heterocycles. The Hall–Kier alpha value is -1.02. The van der Waals surface area contributed by atoms with E-state index in [-0.39, 0.29) is 11.5 Å². The average Bonchev–Trinajstić information content (AvgIpc) is 3.10. The highest BCUT2D eigenvalue weighted by molar-refractivity contribution is 7.14. The molecule has 21 heavy (non-hydrogen) atoms. The maximum atomic E-state index is 11.5. The Labute approximate surface area is 129 Å². The fourth-order valence-corrected chi connectivity index (χ4v) is 3.31. The second-order valence-electron chi connectivity index (χ2n) is 5.18. The summed E-state index contributed by atoms with van der Waals surface area (Å²) in [6.07, 6.45) is 0.909. The van der Waals surface area contributed by atoms with Gasteiger partial charge in [-0.1, -0.05) is 0 Å². The van der Waals surface area contributed by atoms with E-state index in [1.165, 1.54) is 11.3 Å². The van der Waals surface area contributed by atoms with Gasteiger partial charge in [-0.2, -0.15) is 0 Å². The van der Waals surface area contributed by atoms with E-state index in [4.69, 9.17) is 9.47 Å². The zero-order valence-electron chi connectivity index (χ0n) is 12.8. The lowest BCUT2D eigenvalue weighted by atomic mass is 10.0. The molecule has 1 aliphatic rings. The van der Waals surface area contributed by atoms with Crippen molar-refractivity contribution in [2.45, 2.75) is 32.4 Å². The van der Waals surface area contributed by atoms with Gasteiger partial charge >= 0.3 is 0 Å². The van der Waals surface area contributed by atoms with Crippen LogP contribution in [-0.2, 0) is 20.8 Å². The first-order valence-electron chi connectivity index (χ1n) is 7.16. The van der Waals surface area contributed by atoms with E-state index < -0.39 is 0 Å². The normalized spacial score (nSPS) is 21.7. The Kier molecular flexibility index (Phi) is 5.69. The van der Waals surface area contributed by atoms with Crippen LogP contribution in [0.5, 0.6) is 0 Å². The Morgan fingerprint density at radius 1 is 1.67 bits per heavy atom. The standard InChI is InChI=1S/C14H23N3O3S/c1-4-17(11(2)18)13-16-12(8-21-13)7-15-9-14(19-3)5-6-20-10-14/h8,15H,4-7,9-10H2,1-3H3. The second kappa shape index (κ2) is 7.31. The average molecular weight is 313 g/mol. The van der Waals surface area contributed by atoms with E-state index in [0.717, 1.165) is 30.4 Å². The number of hydrogen-bond acceptors (Lipinski definition) is 6. The maximum Gasteiger partial charge on any atom is 0.225 e. The van der Waals surface area contributed by atoms with Crippen molar-refractivity contribution in [2.75, 3.05) is 38.3 Å². The number of methoxy groups -OCH3 is 1. The topological polar surface area (TPSA) is 63.7 Å². The minimum atomic E-state index is -0.215. The highest BCUT2D eigenvalue weighted by atomic mass is 32.1. The molecule has 0 bridgehead atoms. The molecule has 118 valence electrons. The van der Waals surface area contributed by atoms with Gasteiger partial charge in [0.15, 0.2) is 5.13 Å². The molecule has 2 rings (SSSR count). The number of hydrogen-bond donors (Lipinski definition) is 1. The van der Waals surface area contributed by atoms with Crippen LogP contribution in [0.25, 0.3) is 0 Å². The Bertz CT molecular complexity index is 472. The number of rotatable bonds is 7. The molecular formula is C14H23N3O3S. The number of aromatic nitrogens is 1. The van der Waals surface area contributed by atoms with Crippen LogP contribution in [-0.4, -0.2) is 49.9 Å². The van der Waals surface area contributed by atoms with Gasteiger partial charge in [-0.25, -0.2) is 4.98 Å². The van der Waals surface area contributed by atoms with Crippen molar-refractivity contribution in [3.05, 3.63) is 11.1 Å². The van der Waals surface area contributed by atoms with Crippen molar-refractivity contribution in [1.82, 2.24) is 10.3 Å². The molecule has 1 aromatic rings. The third-order valence-electron chi connectivity index (χ3n) is 3.72. The van der Waals surface area contributed by atoms with Crippen molar-refractivity contribution >= 4 is 22.4 Å². The zero-order chi connectivity index (χ0) is 15.3. The largest absolute Gasteiger partial charge is 0.378 e. The summed E-state index contributed by atoms with van der Waals surface area (Å²) in [4.78, 5) is 17.7. The van der Waals surface area contributed by atoms with Gasteiger partial charge in [-0.15, -0.1) is 11.3 Å². The van der Waals surface area contributed by atoms with Crippen LogP contribution >= 0.6 is 11.3 Å². The van der Waals surface area contributed by atoms with E-state index in [1.807, 2.05) is 12.3 Å². The number of anilines is 1. The number of thiazole rings is 1. The Balaban J connectivity index is 1.87. The lowest BCUT2D eigenvalue weighted by molar-refractivity contribution is -0.116. The number of nitrogens with zero attached hydrogens (tertiary/aromatic N) is 2. The summed E-state index contributed by atoms with van der Waals surface area (Å²) in [7, 11) is 1.73. The highest BCUT2D eigenvalue weighted by Gasteiger charge is 2.34. The van der Waals surface area contributed by atoms with Crippen LogP contribution in [0, 0.1) is 0 Å². The summed E-state index contributed by atoms with van der Waals surface area (Å²) in [6.45, 7) is 6.93. The van der Waals surface area contributed by atoms with Gasteiger partial charge in [0.05, 0.1) is 12.3 Å². The fourth-order valence-electron chi connectivity index (χ4n) is 2.37. The summed E-state index contributed by atoms with van der Waals surface area (Å²) >= 11 is 1.50. The molecule has 6 nitrogen and oxygen atoms in total. The van der Waals surface area contributed by atoms with Gasteiger partial charge in [-0.05, 0) is 6.92 Å². The first kappa shape index (κ1) is 16.4. The number of amides is 1. The van der Waals surface area contributed by atoms with Gasteiger partial charge < -0.3 is 14.8 Å². The van der Waals surface area contributed by atoms with Gasteiger partial charge in [0.1, 0.15) is 5.60 Å². The molecule has 0 spiro atoms. The molecule has 2 heterocycles. The molecule has 1 N–H and O–H groups in total. The number of ether oxygens (including phenoxy) is 2. The van der Waals surface area contributed by atoms with Crippen LogP contribution in [0.1, 0.15) is 26.0 Å². The first-order valence-corrected chi connectivity index (χ1v) is 8.04. The maximum absolute atomic E-state index is 11.5. The van der Waals surface area contributed by atoms with E-state index in [1.54, 1.807) is 18.9 Å². The SMILES string of the molecule is CCN(C(C)=O)c1nc(CNCC2(OC)CCOC2)cs1. The number of nitrogens with one attached hydrogen (secondary N) is 1. The van der Waals surface area contributed by atoms with Crippen molar-refractivity contribution in [3.63, 3.8) is 0 Å². The summed E-state index contributed by atoms with van der Waals surface area (Å²) in [5, 5.41) is 6.11. The Morgan fingerprint density at radius 3 is 3.05 bits per heavy atom. The molecule has 1 unspecified atom stereocenters. The van der Waals surface area contributed by atoms with E-state index in [9.17, 15) is 4.79 Å². The van der Waals surface area contributed by atoms with E-state index >= 15 is 0 Å². The van der Waals surface area contributed by atoms with Gasteiger partial charge in [-0.3, -0.25) is 9.69 Å². The van der Waals surface area contributed by atoms with Crippen LogP contribution in [0.2, 0.25) is 0 Å². The highest BCUT2D eigenvalue weighted by Crippen LogP contribution is 2.23. The molecule has 0 radical (unpaired) electrons. The van der Waals surface area contributed by atoms with Gasteiger partial charge in [0, 0.05) is 52.1 Å². The second-order valence-corrected chi connectivity index (χ2v) is 6.01. The molecule has 0 saturated carbocycles. The summed E-state index contributed by atoms with van der Waals surface area (Å²) in [6, 6.07) is 0. The quantitative estimate of drug-likeness (QED) is 0.824. The smallest absolute Gasteiger partial charge is 0.225 e. The molecule has 1 amide bonds. The van der Waals surface area contributed by atoms with Crippen LogP contribution in [0.15, 0.2) is 5.38 Å². The van der Waals surface area contributed by atoms with E-state index in [0.29, 0.717) is 19.7 Å². The lowest BCUT2D eigenvalue weighted by Crippen LogP contribution is -2.42. The molecule has 1 atom stereocenters. The molecule has 1 fully saturated rings. The minimum absolute atomic E-state index is 0.0211. The number of carbonyl (C=O) groups is 1.